The number of aromatic nitrogens is 1. The van der Waals surface area contributed by atoms with Gasteiger partial charge in [0.05, 0.1) is 12.0 Å². The van der Waals surface area contributed by atoms with Gasteiger partial charge in [-0.2, -0.15) is 9.98 Å². The van der Waals surface area contributed by atoms with E-state index in [4.69, 9.17) is 10.8 Å². The normalized spacial score (nSPS) is 9.87. The second-order valence-corrected chi connectivity index (χ2v) is 2.24. The van der Waals surface area contributed by atoms with E-state index >= 15 is 0 Å². The Labute approximate surface area is 92.6 Å². The van der Waals surface area contributed by atoms with Crippen molar-refractivity contribution in [2.75, 3.05) is 5.32 Å². The van der Waals surface area contributed by atoms with Gasteiger partial charge in [0, 0.05) is 18.1 Å². The molecular weight excluding hydrogens is 216 g/mol. The average molecular weight is 225 g/mol. The van der Waals surface area contributed by atoms with E-state index in [1.807, 2.05) is 12.0 Å². The van der Waals surface area contributed by atoms with Crippen LogP contribution in [0.15, 0.2) is 34.5 Å². The summed E-state index contributed by atoms with van der Waals surface area (Å²) in [5.41, 5.74) is 0.753. The highest BCUT2D eigenvalue weighted by Gasteiger charge is 2.01. The van der Waals surface area contributed by atoms with Crippen molar-refractivity contribution < 1.29 is 0 Å². The second-order valence-electron chi connectivity index (χ2n) is 2.24. The average Bonchev–Trinajstić information content (AvgIpc) is 2.20. The molecule has 15 heavy (non-hydrogen) atoms. The molecule has 0 amide bonds. The number of nitrogens with zero attached hydrogens (tertiary/aromatic N) is 3. The number of rotatable bonds is 4. The van der Waals surface area contributed by atoms with Crippen LogP contribution in [-0.2, 0) is 0 Å². The molecule has 7 heteroatoms. The van der Waals surface area contributed by atoms with Crippen LogP contribution in [0, 0.1) is 10.8 Å². The summed E-state index contributed by atoms with van der Waals surface area (Å²) in [5, 5.41) is 16.2. The van der Waals surface area contributed by atoms with Crippen molar-refractivity contribution in [3.05, 3.63) is 24.5 Å². The lowest BCUT2D eigenvalue weighted by Gasteiger charge is -2.07. The topological polar surface area (TPSA) is 97.3 Å². The number of anilines is 1. The predicted molar refractivity (Wildman–Crippen MR) is 59.2 cm³/mol. The molecule has 1 rings (SSSR count). The lowest BCUT2D eigenvalue weighted by atomic mass is 10.4. The highest BCUT2D eigenvalue weighted by Crippen LogP contribution is 2.06. The van der Waals surface area contributed by atoms with Gasteiger partial charge in [0.25, 0.3) is 0 Å². The predicted octanol–water partition coefficient (Wildman–Crippen LogP) is 1.70. The highest BCUT2D eigenvalue weighted by molar-refractivity contribution is 5.85. The van der Waals surface area contributed by atoms with E-state index in [1.54, 1.807) is 24.5 Å². The van der Waals surface area contributed by atoms with E-state index < -0.39 is 6.29 Å². The van der Waals surface area contributed by atoms with E-state index in [2.05, 4.69) is 20.3 Å². The molecule has 0 aliphatic heterocycles. The molecular formula is C8H9ClN6. The van der Waals surface area contributed by atoms with Crippen LogP contribution in [0.2, 0.25) is 0 Å². The zero-order valence-electron chi connectivity index (χ0n) is 7.64. The SMILES string of the molecule is Cl.N=C=NC(N=C=N)Nc1ccncc1. The highest BCUT2D eigenvalue weighted by atomic mass is 35.5. The Bertz CT molecular complexity index is 361. The lowest BCUT2D eigenvalue weighted by Crippen LogP contribution is -2.13. The molecule has 0 saturated heterocycles. The molecule has 0 spiro atoms. The summed E-state index contributed by atoms with van der Waals surface area (Å²) < 4.78 is 0. The first-order chi connectivity index (χ1) is 6.86. The minimum atomic E-state index is -0.729. The first-order valence-electron chi connectivity index (χ1n) is 3.76. The van der Waals surface area contributed by atoms with Crippen molar-refractivity contribution in [1.29, 1.82) is 10.8 Å². The number of nitrogens with one attached hydrogen (secondary N) is 3. The third kappa shape index (κ3) is 4.69. The van der Waals surface area contributed by atoms with Crippen LogP contribution in [0.3, 0.4) is 0 Å². The van der Waals surface area contributed by atoms with Crippen molar-refractivity contribution in [2.24, 2.45) is 9.98 Å². The monoisotopic (exact) mass is 224 g/mol. The Morgan fingerprint density at radius 3 is 2.20 bits per heavy atom. The Balaban J connectivity index is 0.00000196. The summed E-state index contributed by atoms with van der Waals surface area (Å²) >= 11 is 0. The van der Waals surface area contributed by atoms with Gasteiger partial charge in [0.2, 0.25) is 6.29 Å². The van der Waals surface area contributed by atoms with Crippen molar-refractivity contribution in [3.63, 3.8) is 0 Å². The number of pyridine rings is 1. The molecule has 0 aromatic carbocycles. The number of hydrogen-bond acceptors (Lipinski definition) is 6. The van der Waals surface area contributed by atoms with E-state index in [9.17, 15) is 0 Å². The molecule has 1 heterocycles. The zero-order chi connectivity index (χ0) is 10.2. The van der Waals surface area contributed by atoms with Crippen LogP contribution in [0.1, 0.15) is 0 Å². The van der Waals surface area contributed by atoms with Gasteiger partial charge in [-0.05, 0) is 12.1 Å². The summed E-state index contributed by atoms with van der Waals surface area (Å²) in [6, 6.07) is 7.16. The maximum atomic E-state index is 6.66. The molecule has 0 aliphatic rings. The first kappa shape index (κ1) is 13.0. The molecule has 1 aromatic heterocycles. The van der Waals surface area contributed by atoms with Gasteiger partial charge >= 0.3 is 0 Å². The fraction of sp³-hybridized carbons (Fsp3) is 0.125. The van der Waals surface area contributed by atoms with E-state index in [0.29, 0.717) is 0 Å². The van der Waals surface area contributed by atoms with E-state index in [1.165, 1.54) is 0 Å². The fourth-order valence-electron chi connectivity index (χ4n) is 0.813. The first-order valence-corrected chi connectivity index (χ1v) is 3.76. The minimum absolute atomic E-state index is 0. The Kier molecular flexibility index (Phi) is 6.42. The third-order valence-electron chi connectivity index (χ3n) is 1.35. The molecule has 0 aliphatic carbocycles. The Hall–Kier alpha value is -2.00. The fourth-order valence-corrected chi connectivity index (χ4v) is 0.813. The number of halogens is 1. The quantitative estimate of drug-likeness (QED) is 0.679. The summed E-state index contributed by atoms with van der Waals surface area (Å²) in [5.74, 6) is 0. The van der Waals surface area contributed by atoms with E-state index in [-0.39, 0.29) is 12.4 Å². The van der Waals surface area contributed by atoms with Crippen molar-refractivity contribution >= 4 is 30.1 Å². The maximum Gasteiger partial charge on any atom is 0.234 e. The Morgan fingerprint density at radius 1 is 1.20 bits per heavy atom. The van der Waals surface area contributed by atoms with Crippen LogP contribution in [0.25, 0.3) is 0 Å². The molecule has 0 radical (unpaired) electrons. The molecule has 78 valence electrons. The Morgan fingerprint density at radius 2 is 1.73 bits per heavy atom. The number of hydrogen-bond donors (Lipinski definition) is 3. The van der Waals surface area contributed by atoms with Crippen molar-refractivity contribution in [3.8, 4) is 0 Å². The molecule has 0 atom stereocenters. The lowest BCUT2D eigenvalue weighted by molar-refractivity contribution is 0.819. The van der Waals surface area contributed by atoms with Gasteiger partial charge in [-0.15, -0.1) is 12.4 Å². The van der Waals surface area contributed by atoms with Crippen molar-refractivity contribution in [1.82, 2.24) is 4.98 Å². The van der Waals surface area contributed by atoms with Crippen LogP contribution in [0.5, 0.6) is 0 Å². The van der Waals surface area contributed by atoms with Crippen LogP contribution < -0.4 is 5.32 Å². The number of aliphatic imine (C=N–C) groups is 2. The third-order valence-corrected chi connectivity index (χ3v) is 1.35. The minimum Gasteiger partial charge on any atom is -0.344 e. The van der Waals surface area contributed by atoms with Gasteiger partial charge < -0.3 is 5.32 Å². The second kappa shape index (κ2) is 7.41. The summed E-state index contributed by atoms with van der Waals surface area (Å²) in [6.45, 7) is 0. The van der Waals surface area contributed by atoms with Crippen LogP contribution in [0.4, 0.5) is 5.69 Å². The molecule has 3 N–H and O–H groups in total. The molecule has 0 unspecified atom stereocenters. The molecule has 0 fully saturated rings. The standard InChI is InChI=1S/C8H8N6.ClH/c9-5-12-8(13-6-10)14-7-1-3-11-4-2-7;/h1-4,8-10H,(H,11,14);1H. The smallest absolute Gasteiger partial charge is 0.234 e. The molecule has 6 nitrogen and oxygen atoms in total. The van der Waals surface area contributed by atoms with E-state index in [0.717, 1.165) is 5.69 Å². The van der Waals surface area contributed by atoms with Gasteiger partial charge in [-0.25, -0.2) is 10.8 Å². The van der Waals surface area contributed by atoms with Gasteiger partial charge in [-0.3, -0.25) is 4.98 Å². The van der Waals surface area contributed by atoms with Crippen LogP contribution in [-0.4, -0.2) is 23.3 Å². The molecule has 1 aromatic rings. The zero-order valence-corrected chi connectivity index (χ0v) is 8.45. The summed E-state index contributed by atoms with van der Waals surface area (Å²) in [4.78, 5) is 10.9. The van der Waals surface area contributed by atoms with Gasteiger partial charge in [0.15, 0.2) is 0 Å². The molecule has 0 bridgehead atoms. The summed E-state index contributed by atoms with van der Waals surface area (Å²) in [6.07, 6.45) is 2.50. The molecule has 0 saturated carbocycles. The van der Waals surface area contributed by atoms with Crippen LogP contribution >= 0.6 is 12.4 Å². The van der Waals surface area contributed by atoms with Gasteiger partial charge in [-0.1, -0.05) is 0 Å². The van der Waals surface area contributed by atoms with Gasteiger partial charge in [0.1, 0.15) is 0 Å². The summed E-state index contributed by atoms with van der Waals surface area (Å²) in [7, 11) is 0. The largest absolute Gasteiger partial charge is 0.344 e. The maximum absolute atomic E-state index is 6.66. The van der Waals surface area contributed by atoms with Crippen molar-refractivity contribution in [2.45, 2.75) is 6.29 Å².